The molecule has 148 valence electrons. The Labute approximate surface area is 197 Å². The second kappa shape index (κ2) is 43.8. The minimum atomic E-state index is -0.833. The van der Waals surface area contributed by atoms with E-state index in [1.165, 1.54) is 0 Å². The third-order valence-electron chi connectivity index (χ3n) is 0. The molecule has 0 saturated carbocycles. The molecule has 0 bridgehead atoms. The zero-order chi connectivity index (χ0) is 21.5. The number of hydrogen-bond donors (Lipinski definition) is 6. The van der Waals surface area contributed by atoms with Crippen molar-refractivity contribution in [1.29, 1.82) is 0 Å². The van der Waals surface area contributed by atoms with Gasteiger partial charge in [0.05, 0.1) is 0 Å². The standard InChI is InChI=1S/6C2H4O2.2Na.2H/c6*1-2(3)4;;;;/h6*1H3,(H,3,4);;;;/q;;;;;;2*+1;2*-1. The molecule has 12 nitrogen and oxygen atoms in total. The number of hydrogen-bond acceptors (Lipinski definition) is 6. The van der Waals surface area contributed by atoms with Crippen LogP contribution in [-0.2, 0) is 28.8 Å². The molecule has 0 aromatic rings. The van der Waals surface area contributed by atoms with Gasteiger partial charge in [-0.2, -0.15) is 0 Å². The van der Waals surface area contributed by atoms with Gasteiger partial charge in [0, 0.05) is 41.5 Å². The average molecular weight is 408 g/mol. The summed E-state index contributed by atoms with van der Waals surface area (Å²) in [5.41, 5.74) is 0. The minimum Gasteiger partial charge on any atom is -1.00 e. The molecule has 0 radical (unpaired) electrons. The molecular weight excluding hydrogens is 382 g/mol. The van der Waals surface area contributed by atoms with Crippen molar-refractivity contribution in [2.75, 3.05) is 0 Å². The van der Waals surface area contributed by atoms with Crippen LogP contribution in [0.4, 0.5) is 0 Å². The third kappa shape index (κ3) is 7800. The summed E-state index contributed by atoms with van der Waals surface area (Å²) in [6.07, 6.45) is 0. The van der Waals surface area contributed by atoms with Crippen molar-refractivity contribution in [3.8, 4) is 0 Å². The molecule has 0 amide bonds. The molecule has 26 heavy (non-hydrogen) atoms. The minimum absolute atomic E-state index is 0. The van der Waals surface area contributed by atoms with Crippen LogP contribution in [0.2, 0.25) is 0 Å². The first-order chi connectivity index (χ1) is 10.4. The van der Waals surface area contributed by atoms with Gasteiger partial charge >= 0.3 is 59.1 Å². The topological polar surface area (TPSA) is 224 Å². The Bertz CT molecular complexity index is 276. The smallest absolute Gasteiger partial charge is 1.00 e. The third-order valence-corrected chi connectivity index (χ3v) is 0. The second-order valence-electron chi connectivity index (χ2n) is 3.11. The second-order valence-corrected chi connectivity index (χ2v) is 3.11. The van der Waals surface area contributed by atoms with Gasteiger partial charge in [-0.25, -0.2) is 0 Å². The first-order valence-electron chi connectivity index (χ1n) is 5.57. The zero-order valence-corrected chi connectivity index (χ0v) is 20.1. The molecule has 0 unspecified atom stereocenters. The van der Waals surface area contributed by atoms with Crippen molar-refractivity contribution < 1.29 is 121 Å². The monoisotopic (exact) mass is 408 g/mol. The molecule has 0 aliphatic heterocycles. The Hall–Kier alpha value is -1.18. The number of carbonyl (C=O) groups is 6. The molecule has 0 aliphatic rings. The fourth-order valence-corrected chi connectivity index (χ4v) is 0. The Kier molecular flexibility index (Phi) is 83.9. The van der Waals surface area contributed by atoms with E-state index in [-0.39, 0.29) is 62.0 Å². The van der Waals surface area contributed by atoms with E-state index in [4.69, 9.17) is 59.4 Å². The van der Waals surface area contributed by atoms with E-state index in [0.29, 0.717) is 0 Å². The molecule has 0 heterocycles. The number of aliphatic carboxylic acids is 6. The number of carboxylic acids is 6. The molecule has 0 atom stereocenters. The van der Waals surface area contributed by atoms with Gasteiger partial charge in [-0.1, -0.05) is 0 Å². The molecule has 6 N–H and O–H groups in total. The van der Waals surface area contributed by atoms with E-state index in [1.807, 2.05) is 0 Å². The predicted octanol–water partition coefficient (Wildman–Crippen LogP) is -5.22. The quantitative estimate of drug-likeness (QED) is 0.207. The Balaban J connectivity index is -0.0000000169. The van der Waals surface area contributed by atoms with E-state index in [9.17, 15) is 0 Å². The largest absolute Gasteiger partial charge is 1.00 e. The molecular formula is C12H26Na2O12. The van der Waals surface area contributed by atoms with Crippen LogP contribution in [0.3, 0.4) is 0 Å². The van der Waals surface area contributed by atoms with Crippen LogP contribution in [0.1, 0.15) is 44.4 Å². The van der Waals surface area contributed by atoms with Gasteiger partial charge in [0.1, 0.15) is 0 Å². The van der Waals surface area contributed by atoms with E-state index in [1.54, 1.807) is 0 Å². The van der Waals surface area contributed by atoms with Gasteiger partial charge in [0.15, 0.2) is 0 Å². The first kappa shape index (κ1) is 49.8. The summed E-state index contributed by atoms with van der Waals surface area (Å²) in [6.45, 7) is 6.50. The summed E-state index contributed by atoms with van der Waals surface area (Å²) in [6, 6.07) is 0. The Morgan fingerprint density at radius 3 is 0.385 bits per heavy atom. The maximum atomic E-state index is 9.00. The van der Waals surface area contributed by atoms with Crippen molar-refractivity contribution in [3.63, 3.8) is 0 Å². The van der Waals surface area contributed by atoms with Crippen molar-refractivity contribution in [2.24, 2.45) is 0 Å². The van der Waals surface area contributed by atoms with E-state index in [2.05, 4.69) is 0 Å². The van der Waals surface area contributed by atoms with Crippen LogP contribution in [0.25, 0.3) is 0 Å². The Morgan fingerprint density at radius 2 is 0.385 bits per heavy atom. The van der Waals surface area contributed by atoms with Crippen molar-refractivity contribution in [3.05, 3.63) is 0 Å². The zero-order valence-electron chi connectivity index (χ0n) is 18.1. The van der Waals surface area contributed by atoms with Crippen molar-refractivity contribution >= 4 is 35.8 Å². The van der Waals surface area contributed by atoms with Crippen LogP contribution < -0.4 is 59.1 Å². The van der Waals surface area contributed by atoms with Crippen LogP contribution in [0, 0.1) is 0 Å². The predicted molar refractivity (Wildman–Crippen MR) is 82.1 cm³/mol. The summed E-state index contributed by atoms with van der Waals surface area (Å²) in [5.74, 6) is -5.00. The SMILES string of the molecule is CC(=O)O.CC(=O)O.CC(=O)O.CC(=O)O.CC(=O)O.CC(=O)O.[H-].[H-].[Na+].[Na+]. The van der Waals surface area contributed by atoms with Gasteiger partial charge in [-0.05, 0) is 0 Å². The van der Waals surface area contributed by atoms with Crippen LogP contribution in [0.5, 0.6) is 0 Å². The molecule has 0 aromatic carbocycles. The maximum Gasteiger partial charge on any atom is 1.00 e. The van der Waals surface area contributed by atoms with E-state index < -0.39 is 35.8 Å². The van der Waals surface area contributed by atoms with Crippen molar-refractivity contribution in [1.82, 2.24) is 0 Å². The van der Waals surface area contributed by atoms with Crippen LogP contribution in [0.15, 0.2) is 0 Å². The number of rotatable bonds is 0. The summed E-state index contributed by atoms with van der Waals surface area (Å²) < 4.78 is 0. The average Bonchev–Trinajstić information content (AvgIpc) is 2.08. The van der Waals surface area contributed by atoms with E-state index >= 15 is 0 Å². The Morgan fingerprint density at radius 1 is 0.385 bits per heavy atom. The van der Waals surface area contributed by atoms with E-state index in [0.717, 1.165) is 41.5 Å². The molecule has 14 heteroatoms. The molecule has 0 rings (SSSR count). The summed E-state index contributed by atoms with van der Waals surface area (Å²) >= 11 is 0. The normalized spacial score (nSPS) is 5.77. The van der Waals surface area contributed by atoms with Gasteiger partial charge < -0.3 is 33.5 Å². The maximum absolute atomic E-state index is 9.00. The summed E-state index contributed by atoms with van der Waals surface area (Å²) in [4.78, 5) is 54.0. The van der Waals surface area contributed by atoms with Gasteiger partial charge in [0.25, 0.3) is 35.8 Å². The molecule has 0 aliphatic carbocycles. The van der Waals surface area contributed by atoms with Crippen LogP contribution >= 0.6 is 0 Å². The molecule has 0 aromatic heterocycles. The molecule has 0 spiro atoms. The fraction of sp³-hybridized carbons (Fsp3) is 0.500. The van der Waals surface area contributed by atoms with Crippen LogP contribution in [-0.4, -0.2) is 66.5 Å². The fourth-order valence-electron chi connectivity index (χ4n) is 0. The molecule has 0 fully saturated rings. The van der Waals surface area contributed by atoms with Gasteiger partial charge in [-0.3, -0.25) is 28.8 Å². The number of carboxylic acid groups (broad SMARTS) is 6. The summed E-state index contributed by atoms with van der Waals surface area (Å²) in [5, 5.41) is 44.5. The van der Waals surface area contributed by atoms with Gasteiger partial charge in [-0.15, -0.1) is 0 Å². The van der Waals surface area contributed by atoms with Gasteiger partial charge in [0.2, 0.25) is 0 Å². The molecule has 0 saturated heterocycles. The first-order valence-corrected chi connectivity index (χ1v) is 5.57. The summed E-state index contributed by atoms with van der Waals surface area (Å²) in [7, 11) is 0. The van der Waals surface area contributed by atoms with Crippen molar-refractivity contribution in [2.45, 2.75) is 41.5 Å².